The van der Waals surface area contributed by atoms with Gasteiger partial charge in [0.2, 0.25) is 0 Å². The first kappa shape index (κ1) is 17.0. The number of hydrogen-bond donors (Lipinski definition) is 1. The lowest BCUT2D eigenvalue weighted by Gasteiger charge is -2.40. The van der Waals surface area contributed by atoms with Crippen molar-refractivity contribution in [3.8, 4) is 0 Å². The van der Waals surface area contributed by atoms with Crippen molar-refractivity contribution in [1.29, 1.82) is 0 Å². The van der Waals surface area contributed by atoms with Crippen LogP contribution in [-0.2, 0) is 6.54 Å². The predicted molar refractivity (Wildman–Crippen MR) is 94.5 cm³/mol. The molecule has 0 saturated carbocycles. The molecule has 1 N–H and O–H groups in total. The van der Waals surface area contributed by atoms with Gasteiger partial charge in [0.1, 0.15) is 0 Å². The fourth-order valence-electron chi connectivity index (χ4n) is 3.22. The zero-order valence-corrected chi connectivity index (χ0v) is 14.5. The lowest BCUT2D eigenvalue weighted by atomic mass is 10.1. The summed E-state index contributed by atoms with van der Waals surface area (Å²) < 4.78 is 0. The van der Waals surface area contributed by atoms with Crippen molar-refractivity contribution in [3.63, 3.8) is 0 Å². The molecule has 5 heteroatoms. The van der Waals surface area contributed by atoms with Crippen LogP contribution in [0.1, 0.15) is 30.0 Å². The minimum atomic E-state index is -0.428. The molecule has 2 heterocycles. The zero-order valence-electron chi connectivity index (χ0n) is 14.5. The van der Waals surface area contributed by atoms with E-state index < -0.39 is 6.10 Å². The van der Waals surface area contributed by atoms with Gasteiger partial charge in [0.25, 0.3) is 0 Å². The molecule has 5 nitrogen and oxygen atoms in total. The first-order valence-electron chi connectivity index (χ1n) is 8.59. The molecule has 0 radical (unpaired) electrons. The van der Waals surface area contributed by atoms with E-state index in [9.17, 15) is 5.11 Å². The second-order valence-electron chi connectivity index (χ2n) is 6.65. The summed E-state index contributed by atoms with van der Waals surface area (Å²) in [5.74, 6) is 0. The molecule has 0 spiro atoms. The highest BCUT2D eigenvalue weighted by Gasteiger charge is 2.25. The van der Waals surface area contributed by atoms with Gasteiger partial charge in [-0.1, -0.05) is 30.3 Å². The summed E-state index contributed by atoms with van der Waals surface area (Å²) >= 11 is 0. The van der Waals surface area contributed by atoms with Crippen LogP contribution in [0, 0.1) is 6.92 Å². The van der Waals surface area contributed by atoms with E-state index in [-0.39, 0.29) is 0 Å². The average Bonchev–Trinajstić information content (AvgIpc) is 2.60. The molecular weight excluding hydrogens is 300 g/mol. The van der Waals surface area contributed by atoms with Gasteiger partial charge in [-0.25, -0.2) is 0 Å². The van der Waals surface area contributed by atoms with Crippen molar-refractivity contribution in [2.75, 3.05) is 26.2 Å². The molecule has 1 aromatic heterocycles. The van der Waals surface area contributed by atoms with E-state index in [0.29, 0.717) is 12.6 Å². The molecule has 2 atom stereocenters. The maximum Gasteiger partial charge on any atom is 0.0917 e. The molecule has 1 aliphatic rings. The van der Waals surface area contributed by atoms with Gasteiger partial charge < -0.3 is 5.11 Å². The summed E-state index contributed by atoms with van der Waals surface area (Å²) in [6, 6.07) is 10.3. The smallest absolute Gasteiger partial charge is 0.0917 e. The van der Waals surface area contributed by atoms with E-state index in [0.717, 1.165) is 43.1 Å². The Balaban J connectivity index is 1.52. The highest BCUT2D eigenvalue weighted by Crippen LogP contribution is 2.18. The van der Waals surface area contributed by atoms with Gasteiger partial charge in [0, 0.05) is 51.2 Å². The summed E-state index contributed by atoms with van der Waals surface area (Å²) in [7, 11) is 0. The van der Waals surface area contributed by atoms with Crippen molar-refractivity contribution < 1.29 is 5.11 Å². The number of rotatable bonds is 5. The maximum absolute atomic E-state index is 10.4. The van der Waals surface area contributed by atoms with Crippen molar-refractivity contribution in [2.45, 2.75) is 32.5 Å². The third-order valence-electron chi connectivity index (χ3n) is 4.66. The third kappa shape index (κ3) is 4.38. The molecule has 24 heavy (non-hydrogen) atoms. The third-order valence-corrected chi connectivity index (χ3v) is 4.66. The number of piperazine rings is 1. The monoisotopic (exact) mass is 326 g/mol. The van der Waals surface area contributed by atoms with Crippen LogP contribution in [0.5, 0.6) is 0 Å². The molecule has 1 aliphatic heterocycles. The topological polar surface area (TPSA) is 52.5 Å². The molecule has 0 unspecified atom stereocenters. The first-order valence-corrected chi connectivity index (χ1v) is 8.59. The average molecular weight is 326 g/mol. The zero-order chi connectivity index (χ0) is 16.9. The number of aliphatic hydroxyl groups is 1. The molecule has 2 aromatic rings. The number of hydrogen-bond acceptors (Lipinski definition) is 5. The van der Waals surface area contributed by atoms with Crippen molar-refractivity contribution >= 4 is 0 Å². The van der Waals surface area contributed by atoms with Crippen LogP contribution in [0.4, 0.5) is 0 Å². The van der Waals surface area contributed by atoms with Crippen LogP contribution in [-0.4, -0.2) is 57.1 Å². The van der Waals surface area contributed by atoms with Gasteiger partial charge in [0.05, 0.1) is 17.5 Å². The number of aromatic nitrogens is 2. The minimum Gasteiger partial charge on any atom is -0.387 e. The van der Waals surface area contributed by atoms with Gasteiger partial charge in [-0.3, -0.25) is 19.8 Å². The Morgan fingerprint density at radius 2 is 1.96 bits per heavy atom. The fourth-order valence-corrected chi connectivity index (χ4v) is 3.22. The minimum absolute atomic E-state index is 0.413. The van der Waals surface area contributed by atoms with Gasteiger partial charge in [-0.15, -0.1) is 0 Å². The summed E-state index contributed by atoms with van der Waals surface area (Å²) in [6.07, 6.45) is 3.26. The number of nitrogens with zero attached hydrogens (tertiary/aromatic N) is 4. The largest absolute Gasteiger partial charge is 0.387 e. The van der Waals surface area contributed by atoms with E-state index in [4.69, 9.17) is 0 Å². The Hall–Kier alpha value is -1.82. The van der Waals surface area contributed by atoms with E-state index in [2.05, 4.69) is 26.7 Å². The summed E-state index contributed by atoms with van der Waals surface area (Å²) in [5, 5.41) is 10.4. The van der Waals surface area contributed by atoms with Crippen LogP contribution in [0.15, 0.2) is 42.7 Å². The molecule has 0 amide bonds. The standard InChI is InChI=1S/C19H26N4O/c1-15-10-21-18(11-20-15)13-22-8-9-23(16(2)12-22)14-19(24)17-6-4-3-5-7-17/h3-7,10-11,16,19,24H,8-9,12-14H2,1-2H3/t16-,19-/m1/s1. The molecule has 128 valence electrons. The lowest BCUT2D eigenvalue weighted by molar-refractivity contribution is 0.0358. The molecule has 0 bridgehead atoms. The highest BCUT2D eigenvalue weighted by molar-refractivity contribution is 5.17. The number of aliphatic hydroxyl groups excluding tert-OH is 1. The van der Waals surface area contributed by atoms with Crippen molar-refractivity contribution in [1.82, 2.24) is 19.8 Å². The Kier molecular flexibility index (Phi) is 5.56. The number of aryl methyl sites for hydroxylation is 1. The quantitative estimate of drug-likeness (QED) is 0.911. The van der Waals surface area contributed by atoms with E-state index in [1.807, 2.05) is 49.6 Å². The van der Waals surface area contributed by atoms with E-state index in [1.54, 1.807) is 0 Å². The Bertz CT molecular complexity index is 632. The summed E-state index contributed by atoms with van der Waals surface area (Å²) in [6.45, 7) is 8.64. The van der Waals surface area contributed by atoms with Gasteiger partial charge >= 0.3 is 0 Å². The van der Waals surface area contributed by atoms with Crippen molar-refractivity contribution in [3.05, 3.63) is 59.7 Å². The van der Waals surface area contributed by atoms with Gasteiger partial charge in [-0.05, 0) is 19.4 Å². The van der Waals surface area contributed by atoms with Crippen LogP contribution in [0.25, 0.3) is 0 Å². The fraction of sp³-hybridized carbons (Fsp3) is 0.474. The molecule has 1 aromatic carbocycles. The number of benzene rings is 1. The van der Waals surface area contributed by atoms with E-state index >= 15 is 0 Å². The molecule has 1 fully saturated rings. The molecule has 1 saturated heterocycles. The summed E-state index contributed by atoms with van der Waals surface area (Å²) in [4.78, 5) is 13.5. The Labute approximate surface area is 144 Å². The molecule has 3 rings (SSSR count). The second kappa shape index (κ2) is 7.83. The van der Waals surface area contributed by atoms with Crippen LogP contribution in [0.2, 0.25) is 0 Å². The maximum atomic E-state index is 10.4. The van der Waals surface area contributed by atoms with Crippen molar-refractivity contribution in [2.24, 2.45) is 0 Å². The van der Waals surface area contributed by atoms with Gasteiger partial charge in [-0.2, -0.15) is 0 Å². The highest BCUT2D eigenvalue weighted by atomic mass is 16.3. The van der Waals surface area contributed by atoms with Crippen LogP contribution in [0.3, 0.4) is 0 Å². The molecular formula is C19H26N4O. The normalized spacial score (nSPS) is 20.9. The van der Waals surface area contributed by atoms with E-state index in [1.165, 1.54) is 0 Å². The second-order valence-corrected chi connectivity index (χ2v) is 6.65. The molecule has 0 aliphatic carbocycles. The van der Waals surface area contributed by atoms with Gasteiger partial charge in [0.15, 0.2) is 0 Å². The SMILES string of the molecule is Cc1cnc(CN2CCN(C[C@@H](O)c3ccccc3)[C@H](C)C2)cn1. The lowest BCUT2D eigenvalue weighted by Crippen LogP contribution is -2.52. The first-order chi connectivity index (χ1) is 11.6. The Morgan fingerprint density at radius 1 is 1.17 bits per heavy atom. The van der Waals surface area contributed by atoms with Crippen LogP contribution < -0.4 is 0 Å². The predicted octanol–water partition coefficient (Wildman–Crippen LogP) is 2.02. The Morgan fingerprint density at radius 3 is 2.62 bits per heavy atom. The summed E-state index contributed by atoms with van der Waals surface area (Å²) in [5.41, 5.74) is 2.96. The number of β-amino-alcohol motifs (C(OH)–C–C–N with tert-alkyl or cyclic N) is 1. The van der Waals surface area contributed by atoms with Crippen LogP contribution >= 0.6 is 0 Å².